The molecule has 1 heterocycles. The van der Waals surface area contributed by atoms with Gasteiger partial charge in [-0.3, -0.25) is 0 Å². The fourth-order valence-electron chi connectivity index (χ4n) is 2.23. The Labute approximate surface area is 162 Å². The maximum absolute atomic E-state index is 12.5. The molecule has 27 heavy (non-hydrogen) atoms. The molecule has 10 nitrogen and oxygen atoms in total. The molecule has 1 atom stereocenters. The summed E-state index contributed by atoms with van der Waals surface area (Å²) in [5, 5.41) is 9.39. The summed E-state index contributed by atoms with van der Waals surface area (Å²) in [5.74, 6) is -0.646. The SMILES string of the molecule is COc1nc(C)nc(C[AsH]C(=O)NS(=O)(=O)c2c(C)cccc2C(=O)O)n1. The predicted molar refractivity (Wildman–Crippen MR) is 95.8 cm³/mol. The first-order chi connectivity index (χ1) is 12.6. The predicted octanol–water partition coefficient (Wildman–Crippen LogP) is 0.230. The molecule has 0 aliphatic carbocycles. The first kappa shape index (κ1) is 20.8. The Balaban J connectivity index is 2.16. The summed E-state index contributed by atoms with van der Waals surface area (Å²) in [6.45, 7) is 3.10. The second-order valence-electron chi connectivity index (χ2n) is 5.33. The van der Waals surface area contributed by atoms with Gasteiger partial charge in [-0.25, -0.2) is 0 Å². The van der Waals surface area contributed by atoms with Gasteiger partial charge in [0.2, 0.25) is 0 Å². The van der Waals surface area contributed by atoms with E-state index in [-0.39, 0.29) is 16.8 Å². The molecule has 1 amide bonds. The minimum absolute atomic E-state index is 0.114. The van der Waals surface area contributed by atoms with E-state index in [0.717, 1.165) is 0 Å². The molecule has 144 valence electrons. The number of aromatic carboxylic acids is 1. The summed E-state index contributed by atoms with van der Waals surface area (Å²) in [4.78, 5) is 35.1. The number of rotatable bonds is 7. The van der Waals surface area contributed by atoms with Gasteiger partial charge in [0.25, 0.3) is 0 Å². The first-order valence-corrected chi connectivity index (χ1v) is 11.5. The molecule has 0 bridgehead atoms. The summed E-state index contributed by atoms with van der Waals surface area (Å²) >= 11 is -1.48. The van der Waals surface area contributed by atoms with Crippen LogP contribution < -0.4 is 9.46 Å². The second kappa shape index (κ2) is 8.45. The zero-order chi connectivity index (χ0) is 20.2. The molecule has 0 fully saturated rings. The number of benzene rings is 1. The summed E-state index contributed by atoms with van der Waals surface area (Å²) in [6.07, 6.45) is 0. The van der Waals surface area contributed by atoms with Crippen LogP contribution in [0.25, 0.3) is 0 Å². The number of ether oxygens (including phenoxy) is 1. The molecule has 0 radical (unpaired) electrons. The van der Waals surface area contributed by atoms with Crippen molar-refractivity contribution in [1.29, 1.82) is 0 Å². The monoisotopic (exact) mass is 456 g/mol. The number of nitrogens with zero attached hydrogens (tertiary/aromatic N) is 3. The van der Waals surface area contributed by atoms with Gasteiger partial charge in [0.1, 0.15) is 0 Å². The number of nitrogens with one attached hydrogen (secondary N) is 1. The van der Waals surface area contributed by atoms with Gasteiger partial charge in [0, 0.05) is 0 Å². The third kappa shape index (κ3) is 5.24. The number of carboxylic acid groups (broad SMARTS) is 1. The van der Waals surface area contributed by atoms with Crippen LogP contribution in [0, 0.1) is 13.8 Å². The topological polar surface area (TPSA) is 148 Å². The molecule has 2 aromatic rings. The van der Waals surface area contributed by atoms with Crippen LogP contribution >= 0.6 is 0 Å². The van der Waals surface area contributed by atoms with Crippen LogP contribution in [0.1, 0.15) is 27.6 Å². The van der Waals surface area contributed by atoms with Crippen molar-refractivity contribution in [3.63, 3.8) is 0 Å². The van der Waals surface area contributed by atoms with Crippen molar-refractivity contribution in [2.75, 3.05) is 7.11 Å². The van der Waals surface area contributed by atoms with Crippen LogP contribution in [-0.2, 0) is 15.2 Å². The molecule has 1 aromatic carbocycles. The van der Waals surface area contributed by atoms with Gasteiger partial charge in [-0.15, -0.1) is 0 Å². The summed E-state index contributed by atoms with van der Waals surface area (Å²) < 4.78 is 31.2. The molecule has 2 rings (SSSR count). The molecule has 0 aliphatic rings. The van der Waals surface area contributed by atoms with E-state index in [2.05, 4.69) is 15.0 Å². The van der Waals surface area contributed by atoms with E-state index in [0.29, 0.717) is 11.6 Å². The number of aromatic nitrogens is 3. The number of carboxylic acids is 1. The van der Waals surface area contributed by atoms with E-state index in [9.17, 15) is 23.1 Å². The number of methoxy groups -OCH3 is 1. The van der Waals surface area contributed by atoms with Crippen molar-refractivity contribution in [2.24, 2.45) is 0 Å². The van der Waals surface area contributed by atoms with Crippen molar-refractivity contribution in [1.82, 2.24) is 19.7 Å². The Hall–Kier alpha value is -2.52. The molecule has 12 heteroatoms. The van der Waals surface area contributed by atoms with E-state index in [1.807, 2.05) is 4.72 Å². The molecule has 0 aliphatic heterocycles. The molecule has 2 N–H and O–H groups in total. The number of carbonyl (C=O) groups is 2. The minimum atomic E-state index is -4.32. The Morgan fingerprint density at radius 1 is 1.22 bits per heavy atom. The van der Waals surface area contributed by atoms with Crippen molar-refractivity contribution >= 4 is 36.4 Å². The van der Waals surface area contributed by atoms with E-state index in [1.165, 1.54) is 32.2 Å². The Bertz CT molecular complexity index is 996. The summed E-state index contributed by atoms with van der Waals surface area (Å²) in [5.41, 5.74) is -0.166. The number of hydrogen-bond donors (Lipinski definition) is 2. The number of amides is 1. The van der Waals surface area contributed by atoms with Gasteiger partial charge in [-0.05, 0) is 0 Å². The van der Waals surface area contributed by atoms with Gasteiger partial charge in [0.15, 0.2) is 0 Å². The molecule has 1 unspecified atom stereocenters. The van der Waals surface area contributed by atoms with E-state index < -0.39 is 46.9 Å². The standard InChI is InChI=1S/C15H17AsN4O6S/c1-8-5-4-6-10(13(21)22)12(8)27(24,25)20-14(23)16-7-11-17-9(2)18-15(19-11)26-3/h4-6,16H,7H2,1-3H3,(H,20,23)(H,21,22). The van der Waals surface area contributed by atoms with Gasteiger partial charge in [-0.1, -0.05) is 0 Å². The molecular weight excluding hydrogens is 439 g/mol. The van der Waals surface area contributed by atoms with E-state index in [4.69, 9.17) is 4.74 Å². The van der Waals surface area contributed by atoms with Crippen LogP contribution in [-0.4, -0.2) is 62.0 Å². The van der Waals surface area contributed by atoms with Gasteiger partial charge < -0.3 is 0 Å². The van der Waals surface area contributed by atoms with Crippen molar-refractivity contribution in [3.8, 4) is 6.01 Å². The Morgan fingerprint density at radius 2 is 1.93 bits per heavy atom. The number of carbonyl (C=O) groups excluding carboxylic acids is 1. The summed E-state index contributed by atoms with van der Waals surface area (Å²) in [6, 6.07) is 4.18. The molecule has 0 saturated heterocycles. The fourth-order valence-corrected chi connectivity index (χ4v) is 5.88. The maximum atomic E-state index is 12.5. The Kier molecular flexibility index (Phi) is 6.50. The van der Waals surface area contributed by atoms with Crippen molar-refractivity contribution in [3.05, 3.63) is 41.0 Å². The van der Waals surface area contributed by atoms with Crippen molar-refractivity contribution in [2.45, 2.75) is 24.0 Å². The zero-order valence-corrected chi connectivity index (χ0v) is 17.6. The van der Waals surface area contributed by atoms with Crippen LogP contribution in [0.5, 0.6) is 6.01 Å². The van der Waals surface area contributed by atoms with Gasteiger partial charge in [-0.2, -0.15) is 0 Å². The average Bonchev–Trinajstić information content (AvgIpc) is 2.58. The molecule has 1 aromatic heterocycles. The molecule has 0 saturated carbocycles. The van der Waals surface area contributed by atoms with E-state index in [1.54, 1.807) is 6.92 Å². The first-order valence-electron chi connectivity index (χ1n) is 7.53. The van der Waals surface area contributed by atoms with Crippen LogP contribution in [0.4, 0.5) is 4.79 Å². The van der Waals surface area contributed by atoms with Crippen LogP contribution in [0.3, 0.4) is 0 Å². The fraction of sp³-hybridized carbons (Fsp3) is 0.267. The van der Waals surface area contributed by atoms with Gasteiger partial charge >= 0.3 is 162 Å². The van der Waals surface area contributed by atoms with Crippen molar-refractivity contribution < 1.29 is 27.9 Å². The third-order valence-electron chi connectivity index (χ3n) is 3.30. The normalized spacial score (nSPS) is 11.5. The Morgan fingerprint density at radius 3 is 2.56 bits per heavy atom. The van der Waals surface area contributed by atoms with Gasteiger partial charge in [0.05, 0.1) is 0 Å². The molecular formula is C15H17AsN4O6S. The van der Waals surface area contributed by atoms with Crippen LogP contribution in [0.15, 0.2) is 23.1 Å². The zero-order valence-electron chi connectivity index (χ0n) is 14.7. The average molecular weight is 456 g/mol. The number of aryl methyl sites for hydroxylation is 2. The quantitative estimate of drug-likeness (QED) is 0.559. The second-order valence-corrected chi connectivity index (χ2v) is 9.39. The van der Waals surface area contributed by atoms with Crippen LogP contribution in [0.2, 0.25) is 0 Å². The molecule has 0 spiro atoms. The van der Waals surface area contributed by atoms with E-state index >= 15 is 0 Å². The number of hydrogen-bond acceptors (Lipinski definition) is 8. The third-order valence-corrected chi connectivity index (χ3v) is 7.18. The summed E-state index contributed by atoms with van der Waals surface area (Å²) in [7, 11) is -2.92. The number of sulfonamides is 1.